The molecular formula is C18H24N8O2. The molecule has 2 aromatic heterocycles. The van der Waals surface area contributed by atoms with Gasteiger partial charge in [0.1, 0.15) is 5.82 Å². The van der Waals surface area contributed by atoms with Crippen LogP contribution in [-0.4, -0.2) is 71.7 Å². The number of morpholine rings is 1. The van der Waals surface area contributed by atoms with Crippen LogP contribution in [0.5, 0.6) is 0 Å². The zero-order valence-corrected chi connectivity index (χ0v) is 15.6. The van der Waals surface area contributed by atoms with Crippen LogP contribution in [0.25, 0.3) is 11.3 Å². The molecule has 2 saturated heterocycles. The van der Waals surface area contributed by atoms with Crippen LogP contribution in [-0.2, 0) is 9.47 Å². The predicted molar refractivity (Wildman–Crippen MR) is 106 cm³/mol. The molecule has 10 nitrogen and oxygen atoms in total. The lowest BCUT2D eigenvalue weighted by Gasteiger charge is -2.29. The number of nitrogen functional groups attached to an aromatic ring is 1. The number of ether oxygens (including phenoxy) is 2. The van der Waals surface area contributed by atoms with E-state index in [2.05, 4.69) is 20.2 Å². The van der Waals surface area contributed by atoms with E-state index in [0.29, 0.717) is 41.8 Å². The zero-order valence-electron chi connectivity index (χ0n) is 15.6. The van der Waals surface area contributed by atoms with Gasteiger partial charge in [0.05, 0.1) is 24.5 Å². The third-order valence-corrected chi connectivity index (χ3v) is 4.88. The van der Waals surface area contributed by atoms with Gasteiger partial charge in [0.25, 0.3) is 0 Å². The topological polar surface area (TPSA) is 135 Å². The van der Waals surface area contributed by atoms with Crippen molar-refractivity contribution in [3.8, 4) is 11.3 Å². The quantitative estimate of drug-likeness (QED) is 0.643. The molecule has 148 valence electrons. The van der Waals surface area contributed by atoms with E-state index in [4.69, 9.17) is 30.6 Å². The summed E-state index contributed by atoms with van der Waals surface area (Å²) in [5, 5.41) is 11.5. The van der Waals surface area contributed by atoms with Crippen LogP contribution in [0.2, 0.25) is 0 Å². The molecule has 0 atom stereocenters. The van der Waals surface area contributed by atoms with Crippen molar-refractivity contribution >= 4 is 23.9 Å². The molecule has 0 aromatic carbocycles. The Balaban J connectivity index is 1.76. The van der Waals surface area contributed by atoms with Crippen molar-refractivity contribution < 1.29 is 9.47 Å². The fourth-order valence-electron chi connectivity index (χ4n) is 3.32. The summed E-state index contributed by atoms with van der Waals surface area (Å²) in [6.07, 6.45) is 6.32. The molecule has 0 bridgehead atoms. The first-order valence-corrected chi connectivity index (χ1v) is 9.42. The van der Waals surface area contributed by atoms with Gasteiger partial charge < -0.3 is 30.8 Å². The van der Waals surface area contributed by atoms with Crippen molar-refractivity contribution in [3.63, 3.8) is 0 Å². The first-order valence-electron chi connectivity index (χ1n) is 9.42. The third kappa shape index (κ3) is 4.02. The number of aromatic nitrogens is 4. The van der Waals surface area contributed by atoms with Gasteiger partial charge >= 0.3 is 0 Å². The Morgan fingerprint density at radius 2 is 1.75 bits per heavy atom. The summed E-state index contributed by atoms with van der Waals surface area (Å²) in [5.41, 5.74) is 7.54. The van der Waals surface area contributed by atoms with Gasteiger partial charge in [-0.15, -0.1) is 0 Å². The first kappa shape index (κ1) is 18.5. The zero-order chi connectivity index (χ0) is 19.3. The normalized spacial score (nSPS) is 18.1. The van der Waals surface area contributed by atoms with Gasteiger partial charge in [-0.25, -0.2) is 15.0 Å². The van der Waals surface area contributed by atoms with Crippen molar-refractivity contribution in [2.24, 2.45) is 0 Å². The summed E-state index contributed by atoms with van der Waals surface area (Å²) < 4.78 is 10.9. The Hall–Kier alpha value is -2.85. The van der Waals surface area contributed by atoms with E-state index in [0.717, 1.165) is 39.1 Å². The Morgan fingerprint density at radius 3 is 2.43 bits per heavy atom. The van der Waals surface area contributed by atoms with E-state index < -0.39 is 0 Å². The monoisotopic (exact) mass is 384 g/mol. The van der Waals surface area contributed by atoms with E-state index in [9.17, 15) is 0 Å². The second kappa shape index (κ2) is 8.44. The van der Waals surface area contributed by atoms with E-state index in [1.807, 2.05) is 0 Å². The molecular weight excluding hydrogens is 360 g/mol. The summed E-state index contributed by atoms with van der Waals surface area (Å²) in [5.74, 6) is 1.45. The highest BCUT2D eigenvalue weighted by Crippen LogP contribution is 2.29. The van der Waals surface area contributed by atoms with Crippen molar-refractivity contribution in [1.29, 1.82) is 5.41 Å². The Bertz CT molecular complexity index is 817. The van der Waals surface area contributed by atoms with Crippen LogP contribution in [0.4, 0.5) is 17.7 Å². The van der Waals surface area contributed by atoms with Crippen molar-refractivity contribution in [1.82, 2.24) is 19.9 Å². The molecule has 0 amide bonds. The van der Waals surface area contributed by atoms with Gasteiger partial charge in [-0.3, -0.25) is 0 Å². The molecule has 0 aliphatic carbocycles. The molecule has 2 aromatic rings. The van der Waals surface area contributed by atoms with Gasteiger partial charge in [0, 0.05) is 56.5 Å². The van der Waals surface area contributed by atoms with E-state index in [-0.39, 0.29) is 12.0 Å². The van der Waals surface area contributed by atoms with Gasteiger partial charge in [0.2, 0.25) is 11.9 Å². The average molecular weight is 384 g/mol. The molecule has 0 unspecified atom stereocenters. The predicted octanol–water partition coefficient (Wildman–Crippen LogP) is 0.941. The molecule has 2 aliphatic heterocycles. The van der Waals surface area contributed by atoms with Crippen LogP contribution in [0, 0.1) is 5.41 Å². The van der Waals surface area contributed by atoms with Gasteiger partial charge in [-0.05, 0) is 12.8 Å². The fourth-order valence-corrected chi connectivity index (χ4v) is 3.32. The van der Waals surface area contributed by atoms with Crippen LogP contribution in [0.3, 0.4) is 0 Å². The highest BCUT2D eigenvalue weighted by atomic mass is 16.5. The summed E-state index contributed by atoms with van der Waals surface area (Å²) >= 11 is 0. The smallest absolute Gasteiger partial charge is 0.228 e. The maximum Gasteiger partial charge on any atom is 0.228 e. The lowest BCUT2D eigenvalue weighted by molar-refractivity contribution is 0.0904. The Morgan fingerprint density at radius 1 is 1.07 bits per heavy atom. The third-order valence-electron chi connectivity index (χ3n) is 4.88. The minimum atomic E-state index is 0.197. The number of hydrogen-bond acceptors (Lipinski definition) is 10. The first-order chi connectivity index (χ1) is 13.7. The molecule has 4 N–H and O–H groups in total. The molecule has 0 saturated carbocycles. The molecule has 2 aliphatic rings. The number of anilines is 3. The highest BCUT2D eigenvalue weighted by molar-refractivity contribution is 5.93. The number of nitrogens with two attached hydrogens (primary N) is 1. The molecule has 4 rings (SSSR count). The van der Waals surface area contributed by atoms with Gasteiger partial charge in [-0.1, -0.05) is 0 Å². The van der Waals surface area contributed by atoms with Crippen molar-refractivity contribution in [3.05, 3.63) is 18.0 Å². The van der Waals surface area contributed by atoms with Crippen molar-refractivity contribution in [2.45, 2.75) is 18.9 Å². The van der Waals surface area contributed by atoms with Gasteiger partial charge in [0.15, 0.2) is 0 Å². The summed E-state index contributed by atoms with van der Waals surface area (Å²) in [4.78, 5) is 19.7. The molecule has 4 heterocycles. The van der Waals surface area contributed by atoms with E-state index in [1.165, 1.54) is 6.21 Å². The summed E-state index contributed by atoms with van der Waals surface area (Å²) in [6, 6.07) is 0.246. The number of hydrogen-bond donors (Lipinski definition) is 3. The minimum absolute atomic E-state index is 0.197. The number of nitrogens with one attached hydrogen (secondary N) is 2. The van der Waals surface area contributed by atoms with Gasteiger partial charge in [-0.2, -0.15) is 4.98 Å². The molecule has 0 radical (unpaired) electrons. The molecule has 28 heavy (non-hydrogen) atoms. The molecule has 2 fully saturated rings. The minimum Gasteiger partial charge on any atom is -0.381 e. The highest BCUT2D eigenvalue weighted by Gasteiger charge is 2.22. The Labute approximate surface area is 163 Å². The fraction of sp³-hybridized carbons (Fsp3) is 0.500. The number of nitrogens with zero attached hydrogens (tertiary/aromatic N) is 5. The maximum atomic E-state index is 7.98. The summed E-state index contributed by atoms with van der Waals surface area (Å²) in [6.45, 7) is 4.16. The lowest BCUT2D eigenvalue weighted by atomic mass is 10.1. The SMILES string of the molecule is N=Cc1c(NC2CCOCC2)nc(N2CCOCC2)nc1-c1cnc(N)nc1. The van der Waals surface area contributed by atoms with E-state index in [1.54, 1.807) is 12.4 Å². The second-order valence-electron chi connectivity index (χ2n) is 6.74. The van der Waals surface area contributed by atoms with Crippen LogP contribution in [0.1, 0.15) is 18.4 Å². The van der Waals surface area contributed by atoms with E-state index >= 15 is 0 Å². The standard InChI is InChI=1S/C18H24N8O2/c19-9-14-15(12-10-21-17(20)22-11-12)24-18(26-3-7-28-8-4-26)25-16(14)23-13-1-5-27-6-2-13/h9-11,13,19H,1-8H2,(H2,20,21,22)(H,23,24,25). The maximum absolute atomic E-state index is 7.98. The van der Waals surface area contributed by atoms with Crippen LogP contribution >= 0.6 is 0 Å². The van der Waals surface area contributed by atoms with Crippen molar-refractivity contribution in [2.75, 3.05) is 55.5 Å². The van der Waals surface area contributed by atoms with Crippen LogP contribution in [0.15, 0.2) is 12.4 Å². The molecule has 10 heteroatoms. The largest absolute Gasteiger partial charge is 0.381 e. The second-order valence-corrected chi connectivity index (χ2v) is 6.74. The lowest BCUT2D eigenvalue weighted by Crippen LogP contribution is -2.38. The summed E-state index contributed by atoms with van der Waals surface area (Å²) in [7, 11) is 0. The Kier molecular flexibility index (Phi) is 5.58. The average Bonchev–Trinajstić information content (AvgIpc) is 2.75. The number of rotatable bonds is 5. The molecule has 0 spiro atoms. The van der Waals surface area contributed by atoms with Crippen LogP contribution < -0.4 is 16.0 Å².